The number of thioether (sulfide) groups is 1. The van der Waals surface area contributed by atoms with Gasteiger partial charge in [-0.05, 0) is 37.4 Å². The largest absolute Gasteiger partial charge is 0.317 e. The van der Waals surface area contributed by atoms with E-state index in [1.165, 1.54) is 36.6 Å². The zero-order valence-electron chi connectivity index (χ0n) is 7.66. The van der Waals surface area contributed by atoms with Crippen LogP contribution in [-0.4, -0.2) is 18.3 Å². The van der Waals surface area contributed by atoms with Crippen molar-refractivity contribution in [3.63, 3.8) is 0 Å². The molecule has 0 atom stereocenters. The van der Waals surface area contributed by atoms with Gasteiger partial charge in [-0.2, -0.15) is 11.8 Å². The summed E-state index contributed by atoms with van der Waals surface area (Å²) in [7, 11) is 0. The van der Waals surface area contributed by atoms with E-state index in [2.05, 4.69) is 34.6 Å². The lowest BCUT2D eigenvalue weighted by Gasteiger charge is -2.21. The topological polar surface area (TPSA) is 12.0 Å². The molecule has 0 amide bonds. The molecule has 13 heavy (non-hydrogen) atoms. The van der Waals surface area contributed by atoms with E-state index < -0.39 is 0 Å². The molecule has 72 valence electrons. The normalized spacial score (nSPS) is 19.1. The molecule has 0 aromatic carbocycles. The number of nitrogens with one attached hydrogen (secondary N) is 1. The van der Waals surface area contributed by atoms with E-state index in [1.807, 2.05) is 11.3 Å². The molecule has 1 aliphatic rings. The van der Waals surface area contributed by atoms with Gasteiger partial charge in [0.1, 0.15) is 0 Å². The van der Waals surface area contributed by atoms with Crippen LogP contribution in [0.1, 0.15) is 17.7 Å². The molecule has 1 fully saturated rings. The van der Waals surface area contributed by atoms with Crippen molar-refractivity contribution in [2.75, 3.05) is 13.1 Å². The lowest BCUT2D eigenvalue weighted by molar-refractivity contribution is 0.531. The van der Waals surface area contributed by atoms with Crippen molar-refractivity contribution in [2.24, 2.45) is 0 Å². The maximum Gasteiger partial charge on any atom is 0.0281 e. The zero-order valence-corrected chi connectivity index (χ0v) is 9.29. The van der Waals surface area contributed by atoms with Crippen LogP contribution in [0.2, 0.25) is 0 Å². The Hall–Kier alpha value is 0.01000. The molecule has 0 spiro atoms. The molecule has 0 saturated carbocycles. The average molecular weight is 213 g/mol. The fourth-order valence-corrected chi connectivity index (χ4v) is 3.59. The van der Waals surface area contributed by atoms with Crippen molar-refractivity contribution < 1.29 is 0 Å². The summed E-state index contributed by atoms with van der Waals surface area (Å²) in [6, 6.07) is 4.38. The molecule has 3 heteroatoms. The molecule has 0 bridgehead atoms. The average Bonchev–Trinajstić information content (AvgIpc) is 2.69. The first-order chi connectivity index (χ1) is 6.45. The lowest BCUT2D eigenvalue weighted by Crippen LogP contribution is -2.29. The van der Waals surface area contributed by atoms with Gasteiger partial charge in [0.15, 0.2) is 0 Å². The first kappa shape index (κ1) is 9.56. The summed E-state index contributed by atoms with van der Waals surface area (Å²) >= 11 is 4.00. The van der Waals surface area contributed by atoms with Crippen LogP contribution in [0.5, 0.6) is 0 Å². The zero-order chi connectivity index (χ0) is 8.93. The third kappa shape index (κ3) is 3.01. The van der Waals surface area contributed by atoms with Crippen LogP contribution >= 0.6 is 23.1 Å². The second-order valence-corrected chi connectivity index (χ2v) is 5.66. The highest BCUT2D eigenvalue weighted by atomic mass is 32.2. The monoisotopic (exact) mass is 213 g/mol. The van der Waals surface area contributed by atoms with E-state index in [1.54, 1.807) is 0 Å². The lowest BCUT2D eigenvalue weighted by atomic mass is 10.2. The Morgan fingerprint density at radius 2 is 2.31 bits per heavy atom. The maximum atomic E-state index is 3.40. The van der Waals surface area contributed by atoms with Gasteiger partial charge in [-0.25, -0.2) is 0 Å². The van der Waals surface area contributed by atoms with Crippen molar-refractivity contribution in [2.45, 2.75) is 23.8 Å². The van der Waals surface area contributed by atoms with E-state index in [0.29, 0.717) is 0 Å². The van der Waals surface area contributed by atoms with Crippen molar-refractivity contribution in [3.8, 4) is 0 Å². The number of thiophene rings is 1. The summed E-state index contributed by atoms with van der Waals surface area (Å²) in [5.74, 6) is 1.21. The highest BCUT2D eigenvalue weighted by Crippen LogP contribution is 2.25. The summed E-state index contributed by atoms with van der Waals surface area (Å²) in [5, 5.41) is 6.45. The molecule has 1 N–H and O–H groups in total. The Balaban J connectivity index is 1.72. The number of hydrogen-bond acceptors (Lipinski definition) is 3. The van der Waals surface area contributed by atoms with Crippen molar-refractivity contribution >= 4 is 23.1 Å². The van der Waals surface area contributed by atoms with E-state index in [0.717, 1.165) is 5.25 Å². The Morgan fingerprint density at radius 3 is 3.00 bits per heavy atom. The molecule has 2 rings (SSSR count). The highest BCUT2D eigenvalue weighted by molar-refractivity contribution is 7.99. The predicted molar refractivity (Wildman–Crippen MR) is 61.5 cm³/mol. The summed E-state index contributed by atoms with van der Waals surface area (Å²) in [5.41, 5.74) is 0. The van der Waals surface area contributed by atoms with Crippen LogP contribution in [0, 0.1) is 0 Å². The van der Waals surface area contributed by atoms with Gasteiger partial charge in [-0.3, -0.25) is 0 Å². The molecule has 0 aliphatic carbocycles. The minimum Gasteiger partial charge on any atom is -0.317 e. The Bertz CT molecular complexity index is 227. The first-order valence-corrected chi connectivity index (χ1v) is 6.73. The van der Waals surface area contributed by atoms with Gasteiger partial charge in [-0.1, -0.05) is 6.07 Å². The van der Waals surface area contributed by atoms with Crippen molar-refractivity contribution in [1.82, 2.24) is 5.32 Å². The van der Waals surface area contributed by atoms with E-state index in [-0.39, 0.29) is 0 Å². The molecule has 2 heterocycles. The quantitative estimate of drug-likeness (QED) is 0.828. The van der Waals surface area contributed by atoms with Crippen LogP contribution in [0.25, 0.3) is 0 Å². The molecule has 0 radical (unpaired) electrons. The molecule has 1 nitrogen and oxygen atoms in total. The number of piperidine rings is 1. The smallest absolute Gasteiger partial charge is 0.0281 e. The molecule has 0 unspecified atom stereocenters. The molecule has 1 aromatic rings. The Kier molecular flexibility index (Phi) is 3.70. The van der Waals surface area contributed by atoms with Crippen LogP contribution < -0.4 is 5.32 Å². The standard InChI is InChI=1S/C10H15NS2/c1-2-10(12-7-1)8-13-9-3-5-11-6-4-9/h1-2,7,9,11H,3-6,8H2. The van der Waals surface area contributed by atoms with E-state index >= 15 is 0 Å². The summed E-state index contributed by atoms with van der Waals surface area (Å²) in [6.07, 6.45) is 2.69. The number of hydrogen-bond donors (Lipinski definition) is 1. The fourth-order valence-electron chi connectivity index (χ4n) is 1.56. The SMILES string of the molecule is c1csc(CSC2CCNCC2)c1. The second-order valence-electron chi connectivity index (χ2n) is 3.34. The molecule has 1 saturated heterocycles. The van der Waals surface area contributed by atoms with Gasteiger partial charge in [0.25, 0.3) is 0 Å². The number of rotatable bonds is 3. The second kappa shape index (κ2) is 5.03. The van der Waals surface area contributed by atoms with Crippen LogP contribution in [0.15, 0.2) is 17.5 Å². The van der Waals surface area contributed by atoms with Crippen LogP contribution in [0.3, 0.4) is 0 Å². The Morgan fingerprint density at radius 1 is 1.46 bits per heavy atom. The van der Waals surface area contributed by atoms with Gasteiger partial charge in [0.2, 0.25) is 0 Å². The Labute approximate surface area is 87.9 Å². The van der Waals surface area contributed by atoms with Crippen molar-refractivity contribution in [3.05, 3.63) is 22.4 Å². The fraction of sp³-hybridized carbons (Fsp3) is 0.600. The molecular weight excluding hydrogens is 198 g/mol. The van der Waals surface area contributed by atoms with Crippen LogP contribution in [-0.2, 0) is 5.75 Å². The van der Waals surface area contributed by atoms with Crippen LogP contribution in [0.4, 0.5) is 0 Å². The van der Waals surface area contributed by atoms with E-state index in [4.69, 9.17) is 0 Å². The van der Waals surface area contributed by atoms with Gasteiger partial charge in [0, 0.05) is 15.9 Å². The first-order valence-electron chi connectivity index (χ1n) is 4.80. The molecule has 1 aromatic heterocycles. The third-order valence-electron chi connectivity index (χ3n) is 2.33. The van der Waals surface area contributed by atoms with Gasteiger partial charge < -0.3 is 5.32 Å². The van der Waals surface area contributed by atoms with Gasteiger partial charge in [0.05, 0.1) is 0 Å². The summed E-state index contributed by atoms with van der Waals surface area (Å²) in [6.45, 7) is 2.42. The predicted octanol–water partition coefficient (Wildman–Crippen LogP) is 2.73. The minimum atomic E-state index is 0.892. The molecular formula is C10H15NS2. The van der Waals surface area contributed by atoms with Gasteiger partial charge in [-0.15, -0.1) is 11.3 Å². The summed E-state index contributed by atoms with van der Waals surface area (Å²) < 4.78 is 0. The minimum absolute atomic E-state index is 0.892. The van der Waals surface area contributed by atoms with Gasteiger partial charge >= 0.3 is 0 Å². The summed E-state index contributed by atoms with van der Waals surface area (Å²) in [4.78, 5) is 1.52. The highest BCUT2D eigenvalue weighted by Gasteiger charge is 2.12. The van der Waals surface area contributed by atoms with Crippen molar-refractivity contribution in [1.29, 1.82) is 0 Å². The maximum absolute atomic E-state index is 3.40. The third-order valence-corrected chi connectivity index (χ3v) is 4.81. The molecule has 1 aliphatic heterocycles. The van der Waals surface area contributed by atoms with E-state index in [9.17, 15) is 0 Å².